The van der Waals surface area contributed by atoms with Gasteiger partial charge in [-0.25, -0.2) is 0 Å². The largest absolute Gasteiger partial charge is 0.489 e. The maximum absolute atomic E-state index is 6.03. The first-order valence-electron chi connectivity index (χ1n) is 8.24. The molecule has 0 radical (unpaired) electrons. The Morgan fingerprint density at radius 2 is 1.46 bits per heavy atom. The van der Waals surface area contributed by atoms with Crippen LogP contribution in [0.1, 0.15) is 52.2 Å². The van der Waals surface area contributed by atoms with Crippen molar-refractivity contribution in [2.24, 2.45) is 5.41 Å². The molecule has 0 saturated heterocycles. The van der Waals surface area contributed by atoms with Gasteiger partial charge in [0.25, 0.3) is 0 Å². The minimum absolute atomic E-state index is 0.139. The molecule has 2 aromatic carbocycles. The average molecular weight is 365 g/mol. The van der Waals surface area contributed by atoms with Crippen LogP contribution >= 0.6 is 23.2 Å². The number of benzene rings is 2. The van der Waals surface area contributed by atoms with Crippen molar-refractivity contribution >= 4 is 23.2 Å². The summed E-state index contributed by atoms with van der Waals surface area (Å²) in [6, 6.07) is 14.0. The number of ether oxygens (including phenoxy) is 1. The Morgan fingerprint density at radius 1 is 0.833 bits per heavy atom. The van der Waals surface area contributed by atoms with E-state index in [1.807, 2.05) is 24.3 Å². The fraction of sp³-hybridized carbons (Fsp3) is 0.429. The van der Waals surface area contributed by atoms with Crippen LogP contribution in [0.3, 0.4) is 0 Å². The maximum Gasteiger partial charge on any atom is 0.119 e. The van der Waals surface area contributed by atoms with Crippen LogP contribution in [0, 0.1) is 5.41 Å². The first-order valence-corrected chi connectivity index (χ1v) is 9.00. The number of hydrogen-bond acceptors (Lipinski definition) is 1. The van der Waals surface area contributed by atoms with E-state index >= 15 is 0 Å². The van der Waals surface area contributed by atoms with E-state index < -0.39 is 0 Å². The van der Waals surface area contributed by atoms with Crippen LogP contribution < -0.4 is 4.74 Å². The van der Waals surface area contributed by atoms with Crippen molar-refractivity contribution in [1.82, 2.24) is 0 Å². The summed E-state index contributed by atoms with van der Waals surface area (Å²) in [6.07, 6.45) is 1.13. The Bertz CT molecular complexity index is 682. The summed E-state index contributed by atoms with van der Waals surface area (Å²) < 4.78 is 5.85. The average Bonchev–Trinajstić information content (AvgIpc) is 2.46. The van der Waals surface area contributed by atoms with Gasteiger partial charge in [-0.3, -0.25) is 0 Å². The van der Waals surface area contributed by atoms with Crippen molar-refractivity contribution in [3.63, 3.8) is 0 Å². The molecule has 0 aliphatic rings. The molecule has 0 aliphatic heterocycles. The smallest absolute Gasteiger partial charge is 0.119 e. The predicted molar refractivity (Wildman–Crippen MR) is 104 cm³/mol. The molecular formula is C21H26Cl2O. The molecule has 0 aliphatic carbocycles. The normalized spacial score (nSPS) is 12.3. The molecule has 2 aromatic rings. The molecule has 0 amide bonds. The first kappa shape index (κ1) is 19.1. The van der Waals surface area contributed by atoms with Gasteiger partial charge in [-0.1, -0.05) is 76.0 Å². The predicted octanol–water partition coefficient (Wildman–Crippen LogP) is 7.29. The molecule has 1 nitrogen and oxygen atoms in total. The summed E-state index contributed by atoms with van der Waals surface area (Å²) in [5, 5.41) is 1.11. The lowest BCUT2D eigenvalue weighted by Crippen LogP contribution is -2.24. The van der Waals surface area contributed by atoms with Gasteiger partial charge in [0.1, 0.15) is 12.4 Å². The Morgan fingerprint density at radius 3 is 2.00 bits per heavy atom. The second-order valence-electron chi connectivity index (χ2n) is 8.18. The van der Waals surface area contributed by atoms with Gasteiger partial charge < -0.3 is 4.74 Å². The van der Waals surface area contributed by atoms with Gasteiger partial charge in [-0.2, -0.15) is 0 Å². The van der Waals surface area contributed by atoms with Crippen LogP contribution in [0.25, 0.3) is 0 Å². The van der Waals surface area contributed by atoms with E-state index in [1.54, 1.807) is 6.07 Å². The van der Waals surface area contributed by atoms with Crippen LogP contribution in [0.4, 0.5) is 0 Å². The van der Waals surface area contributed by atoms with Crippen LogP contribution in [0.15, 0.2) is 42.5 Å². The zero-order chi connectivity index (χ0) is 18.0. The molecule has 0 heterocycles. The quantitative estimate of drug-likeness (QED) is 0.541. The van der Waals surface area contributed by atoms with Crippen molar-refractivity contribution in [3.8, 4) is 5.75 Å². The molecule has 0 spiro atoms. The van der Waals surface area contributed by atoms with Gasteiger partial charge in [0.2, 0.25) is 0 Å². The van der Waals surface area contributed by atoms with E-state index in [2.05, 4.69) is 46.8 Å². The summed E-state index contributed by atoms with van der Waals surface area (Å²) in [7, 11) is 0. The van der Waals surface area contributed by atoms with E-state index in [0.29, 0.717) is 22.1 Å². The van der Waals surface area contributed by atoms with Gasteiger partial charge in [-0.15, -0.1) is 0 Å². The molecule has 0 bridgehead atoms. The molecule has 24 heavy (non-hydrogen) atoms. The van der Waals surface area contributed by atoms with E-state index in [-0.39, 0.29) is 5.41 Å². The van der Waals surface area contributed by atoms with E-state index in [4.69, 9.17) is 27.9 Å². The van der Waals surface area contributed by atoms with Crippen LogP contribution in [0.2, 0.25) is 10.0 Å². The summed E-state index contributed by atoms with van der Waals surface area (Å²) in [5.41, 5.74) is 2.77. The van der Waals surface area contributed by atoms with Crippen molar-refractivity contribution in [1.29, 1.82) is 0 Å². The Hall–Kier alpha value is -1.18. The van der Waals surface area contributed by atoms with Crippen molar-refractivity contribution < 1.29 is 4.74 Å². The summed E-state index contributed by atoms with van der Waals surface area (Å²) in [4.78, 5) is 0. The highest BCUT2D eigenvalue weighted by Gasteiger charge is 2.27. The van der Waals surface area contributed by atoms with E-state index in [0.717, 1.165) is 17.7 Å². The standard InChI is InChI=1S/C21H26Cl2O/c1-20(2,3)14-21(4,5)16-7-9-17(10-8-16)24-13-15-6-11-18(22)19(23)12-15/h6-12H,13-14H2,1-5H3. The molecular weight excluding hydrogens is 339 g/mol. The highest BCUT2D eigenvalue weighted by Crippen LogP contribution is 2.36. The molecule has 0 atom stereocenters. The van der Waals surface area contributed by atoms with Gasteiger partial charge in [0, 0.05) is 0 Å². The van der Waals surface area contributed by atoms with Gasteiger partial charge in [-0.05, 0) is 52.6 Å². The third-order valence-corrected chi connectivity index (χ3v) is 4.74. The zero-order valence-corrected chi connectivity index (χ0v) is 16.6. The van der Waals surface area contributed by atoms with Gasteiger partial charge >= 0.3 is 0 Å². The zero-order valence-electron chi connectivity index (χ0n) is 15.1. The fourth-order valence-corrected chi connectivity index (χ4v) is 3.55. The monoisotopic (exact) mass is 364 g/mol. The third kappa shape index (κ3) is 5.43. The minimum atomic E-state index is 0.139. The van der Waals surface area contributed by atoms with Crippen LogP contribution in [-0.2, 0) is 12.0 Å². The molecule has 3 heteroatoms. The molecule has 0 saturated carbocycles. The number of hydrogen-bond donors (Lipinski definition) is 0. The van der Waals surface area contributed by atoms with Crippen molar-refractivity contribution in [2.75, 3.05) is 0 Å². The molecule has 0 N–H and O–H groups in total. The molecule has 0 aromatic heterocycles. The molecule has 0 fully saturated rings. The van der Waals surface area contributed by atoms with Crippen LogP contribution in [-0.4, -0.2) is 0 Å². The second-order valence-corrected chi connectivity index (χ2v) is 9.00. The second kappa shape index (κ2) is 7.37. The molecule has 0 unspecified atom stereocenters. The summed E-state index contributed by atoms with van der Waals surface area (Å²) in [5.74, 6) is 0.858. The Labute approximate surface area is 155 Å². The minimum Gasteiger partial charge on any atom is -0.489 e. The highest BCUT2D eigenvalue weighted by molar-refractivity contribution is 6.42. The van der Waals surface area contributed by atoms with E-state index in [1.165, 1.54) is 5.56 Å². The topological polar surface area (TPSA) is 9.23 Å². The van der Waals surface area contributed by atoms with Gasteiger partial charge in [0.15, 0.2) is 0 Å². The SMILES string of the molecule is CC(C)(C)CC(C)(C)c1ccc(OCc2ccc(Cl)c(Cl)c2)cc1. The lowest BCUT2D eigenvalue weighted by molar-refractivity contribution is 0.283. The van der Waals surface area contributed by atoms with E-state index in [9.17, 15) is 0 Å². The van der Waals surface area contributed by atoms with Gasteiger partial charge in [0.05, 0.1) is 10.0 Å². The molecule has 130 valence electrons. The first-order chi connectivity index (χ1) is 11.1. The lowest BCUT2D eigenvalue weighted by Gasteiger charge is -2.33. The van der Waals surface area contributed by atoms with Crippen molar-refractivity contribution in [3.05, 3.63) is 63.6 Å². The number of rotatable bonds is 5. The summed E-state index contributed by atoms with van der Waals surface area (Å²) >= 11 is 12.0. The maximum atomic E-state index is 6.03. The Kier molecular flexibility index (Phi) is 5.88. The third-order valence-electron chi connectivity index (χ3n) is 4.00. The Balaban J connectivity index is 2.02. The lowest BCUT2D eigenvalue weighted by atomic mass is 9.72. The van der Waals surface area contributed by atoms with Crippen molar-refractivity contribution in [2.45, 2.75) is 53.1 Å². The summed E-state index contributed by atoms with van der Waals surface area (Å²) in [6.45, 7) is 11.9. The molecule has 2 rings (SSSR count). The fourth-order valence-electron chi connectivity index (χ4n) is 3.23. The number of halogens is 2. The highest BCUT2D eigenvalue weighted by atomic mass is 35.5. The van der Waals surface area contributed by atoms with Crippen LogP contribution in [0.5, 0.6) is 5.75 Å².